The molecular formula is C22H31N5O2S. The Kier molecular flexibility index (Phi) is 6.94. The molecule has 0 N–H and O–H groups in total. The minimum atomic E-state index is 0.166. The summed E-state index contributed by atoms with van der Waals surface area (Å²) < 4.78 is 5.50. The monoisotopic (exact) mass is 429 g/mol. The van der Waals surface area contributed by atoms with E-state index in [1.807, 2.05) is 11.8 Å². The lowest BCUT2D eigenvalue weighted by Gasteiger charge is -2.44. The van der Waals surface area contributed by atoms with Gasteiger partial charge in [-0.1, -0.05) is 36.9 Å². The normalized spacial score (nSPS) is 20.5. The van der Waals surface area contributed by atoms with Crippen LogP contribution in [0.3, 0.4) is 0 Å². The van der Waals surface area contributed by atoms with Crippen molar-refractivity contribution in [3.05, 3.63) is 35.7 Å². The zero-order valence-corrected chi connectivity index (χ0v) is 18.7. The van der Waals surface area contributed by atoms with E-state index in [0.29, 0.717) is 29.3 Å². The number of nitrogens with zero attached hydrogens (tertiary/aromatic N) is 5. The molecule has 4 rings (SSSR count). The summed E-state index contributed by atoms with van der Waals surface area (Å²) >= 11 is 1.34. The van der Waals surface area contributed by atoms with Gasteiger partial charge in [0.05, 0.1) is 5.75 Å². The third kappa shape index (κ3) is 4.98. The fraction of sp³-hybridized carbons (Fsp3) is 0.591. The molecule has 8 heteroatoms. The molecule has 162 valence electrons. The molecule has 2 saturated heterocycles. The number of benzene rings is 1. The number of carbonyl (C=O) groups is 1. The van der Waals surface area contributed by atoms with Crippen molar-refractivity contribution in [1.29, 1.82) is 0 Å². The highest BCUT2D eigenvalue weighted by molar-refractivity contribution is 7.99. The second kappa shape index (κ2) is 9.83. The molecular weight excluding hydrogens is 398 g/mol. The average molecular weight is 430 g/mol. The molecule has 2 fully saturated rings. The zero-order valence-electron chi connectivity index (χ0n) is 17.9. The molecule has 2 aromatic rings. The lowest BCUT2D eigenvalue weighted by Crippen LogP contribution is -2.56. The van der Waals surface area contributed by atoms with E-state index >= 15 is 0 Å². The second-order valence-electron chi connectivity index (χ2n) is 8.05. The van der Waals surface area contributed by atoms with Crippen LogP contribution in [0.2, 0.25) is 0 Å². The van der Waals surface area contributed by atoms with Gasteiger partial charge < -0.3 is 14.2 Å². The van der Waals surface area contributed by atoms with Gasteiger partial charge in [-0.2, -0.15) is 0 Å². The highest BCUT2D eigenvalue weighted by Crippen LogP contribution is 2.24. The number of thioether (sulfide) groups is 1. The quantitative estimate of drug-likeness (QED) is 0.654. The Morgan fingerprint density at radius 2 is 1.97 bits per heavy atom. The summed E-state index contributed by atoms with van der Waals surface area (Å²) in [6, 6.07) is 9.08. The minimum Gasteiger partial charge on any atom is -0.416 e. The standard InChI is InChI=1S/C22H31N5O2S/c1-3-20-23-24-22(29-20)30-16-21(28)27-10-6-8-18(15-27)25-11-13-26(14-12-25)19-9-5-4-7-17(19)2/h4-5,7,9,18H,3,6,8,10-16H2,1-2H3/t18-/m0/s1. The molecule has 1 aromatic carbocycles. The molecule has 7 nitrogen and oxygen atoms in total. The minimum absolute atomic E-state index is 0.166. The molecule has 0 spiro atoms. The lowest BCUT2D eigenvalue weighted by molar-refractivity contribution is -0.130. The predicted octanol–water partition coefficient (Wildman–Crippen LogP) is 2.85. The van der Waals surface area contributed by atoms with E-state index in [0.717, 1.165) is 45.7 Å². The van der Waals surface area contributed by atoms with Crippen molar-refractivity contribution in [3.8, 4) is 0 Å². The van der Waals surface area contributed by atoms with Gasteiger partial charge in [0.25, 0.3) is 5.22 Å². The summed E-state index contributed by atoms with van der Waals surface area (Å²) in [4.78, 5) is 19.8. The van der Waals surface area contributed by atoms with E-state index in [-0.39, 0.29) is 5.91 Å². The lowest BCUT2D eigenvalue weighted by atomic mass is 10.0. The number of para-hydroxylation sites is 1. The van der Waals surface area contributed by atoms with Crippen LogP contribution in [0.1, 0.15) is 31.2 Å². The summed E-state index contributed by atoms with van der Waals surface area (Å²) in [5.41, 5.74) is 2.69. The number of amides is 1. The van der Waals surface area contributed by atoms with Gasteiger partial charge in [0, 0.05) is 57.4 Å². The molecule has 0 radical (unpaired) electrons. The van der Waals surface area contributed by atoms with Gasteiger partial charge in [-0.25, -0.2) is 0 Å². The maximum atomic E-state index is 12.7. The summed E-state index contributed by atoms with van der Waals surface area (Å²) in [5, 5.41) is 8.44. The highest BCUT2D eigenvalue weighted by atomic mass is 32.2. The van der Waals surface area contributed by atoms with E-state index in [9.17, 15) is 4.79 Å². The van der Waals surface area contributed by atoms with Crippen LogP contribution < -0.4 is 4.90 Å². The van der Waals surface area contributed by atoms with Crippen LogP contribution >= 0.6 is 11.8 Å². The Hall–Kier alpha value is -2.06. The molecule has 0 saturated carbocycles. The van der Waals surface area contributed by atoms with Crippen LogP contribution in [-0.2, 0) is 11.2 Å². The number of piperazine rings is 1. The summed E-state index contributed by atoms with van der Waals surface area (Å²) in [5.74, 6) is 1.14. The van der Waals surface area contributed by atoms with E-state index < -0.39 is 0 Å². The van der Waals surface area contributed by atoms with E-state index in [2.05, 4.69) is 51.2 Å². The summed E-state index contributed by atoms with van der Waals surface area (Å²) in [6.07, 6.45) is 2.96. The first-order chi connectivity index (χ1) is 14.6. The van der Waals surface area contributed by atoms with Gasteiger partial charge in [0.1, 0.15) is 0 Å². The zero-order chi connectivity index (χ0) is 20.9. The maximum Gasteiger partial charge on any atom is 0.277 e. The number of rotatable bonds is 6. The number of aromatic nitrogens is 2. The Morgan fingerprint density at radius 1 is 1.17 bits per heavy atom. The number of carbonyl (C=O) groups excluding carboxylic acids is 1. The van der Waals surface area contributed by atoms with Gasteiger partial charge >= 0.3 is 0 Å². The van der Waals surface area contributed by atoms with E-state index in [4.69, 9.17) is 4.42 Å². The molecule has 30 heavy (non-hydrogen) atoms. The number of likely N-dealkylation sites (tertiary alicyclic amines) is 1. The molecule has 1 amide bonds. The molecule has 1 atom stereocenters. The van der Waals surface area contributed by atoms with E-state index in [1.54, 1.807) is 0 Å². The van der Waals surface area contributed by atoms with Crippen LogP contribution in [0, 0.1) is 6.92 Å². The van der Waals surface area contributed by atoms with Gasteiger partial charge in [0.2, 0.25) is 11.8 Å². The van der Waals surface area contributed by atoms with Gasteiger partial charge in [0.15, 0.2) is 0 Å². The first-order valence-electron chi connectivity index (χ1n) is 10.9. The van der Waals surface area contributed by atoms with Crippen molar-refractivity contribution in [3.63, 3.8) is 0 Å². The first-order valence-corrected chi connectivity index (χ1v) is 11.9. The molecule has 0 bridgehead atoms. The summed E-state index contributed by atoms with van der Waals surface area (Å²) in [6.45, 7) is 10.0. The van der Waals surface area contributed by atoms with Crippen molar-refractivity contribution < 1.29 is 9.21 Å². The van der Waals surface area contributed by atoms with Crippen molar-refractivity contribution in [2.45, 2.75) is 44.4 Å². The third-order valence-corrected chi connectivity index (χ3v) is 6.91. The Balaban J connectivity index is 1.26. The number of piperidine rings is 1. The number of anilines is 1. The maximum absolute atomic E-state index is 12.7. The highest BCUT2D eigenvalue weighted by Gasteiger charge is 2.30. The van der Waals surface area contributed by atoms with Crippen molar-refractivity contribution in [2.24, 2.45) is 0 Å². The molecule has 1 aromatic heterocycles. The average Bonchev–Trinajstić information content (AvgIpc) is 3.26. The molecule has 2 aliphatic heterocycles. The molecule has 3 heterocycles. The van der Waals surface area contributed by atoms with Gasteiger partial charge in [-0.15, -0.1) is 10.2 Å². The van der Waals surface area contributed by atoms with Crippen molar-refractivity contribution in [2.75, 3.05) is 49.9 Å². The Labute approximate surface area is 182 Å². The second-order valence-corrected chi connectivity index (χ2v) is 8.98. The van der Waals surface area contributed by atoms with Gasteiger partial charge in [-0.3, -0.25) is 9.69 Å². The number of aryl methyl sites for hydroxylation is 2. The van der Waals surface area contributed by atoms with Crippen molar-refractivity contribution in [1.82, 2.24) is 20.0 Å². The third-order valence-electron chi connectivity index (χ3n) is 6.11. The van der Waals surface area contributed by atoms with E-state index in [1.165, 1.54) is 29.4 Å². The predicted molar refractivity (Wildman–Crippen MR) is 119 cm³/mol. The number of hydrogen-bond donors (Lipinski definition) is 0. The molecule has 0 unspecified atom stereocenters. The summed E-state index contributed by atoms with van der Waals surface area (Å²) in [7, 11) is 0. The fourth-order valence-electron chi connectivity index (χ4n) is 4.38. The van der Waals surface area contributed by atoms with Crippen molar-refractivity contribution >= 4 is 23.4 Å². The smallest absolute Gasteiger partial charge is 0.277 e. The topological polar surface area (TPSA) is 65.7 Å². The fourth-order valence-corrected chi connectivity index (χ4v) is 5.06. The first kappa shape index (κ1) is 21.2. The Morgan fingerprint density at radius 3 is 2.70 bits per heavy atom. The van der Waals surface area contributed by atoms with Crippen LogP contribution in [0.5, 0.6) is 0 Å². The number of hydrogen-bond acceptors (Lipinski definition) is 7. The SMILES string of the molecule is CCc1nnc(SCC(=O)N2CCC[C@H](N3CCN(c4ccccc4C)CC3)C2)o1. The van der Waals surface area contributed by atoms with Gasteiger partial charge in [-0.05, 0) is 31.4 Å². The molecule has 0 aliphatic carbocycles. The Bertz CT molecular complexity index is 850. The van der Waals surface area contributed by atoms with Crippen LogP contribution in [0.15, 0.2) is 33.9 Å². The largest absolute Gasteiger partial charge is 0.416 e. The molecule has 2 aliphatic rings. The van der Waals surface area contributed by atoms with Crippen LogP contribution in [-0.4, -0.2) is 77.0 Å². The van der Waals surface area contributed by atoms with Crippen LogP contribution in [0.4, 0.5) is 5.69 Å². The van der Waals surface area contributed by atoms with Crippen LogP contribution in [0.25, 0.3) is 0 Å².